The minimum Gasteiger partial charge on any atom is -0.395 e. The maximum Gasteiger partial charge on any atom is 0.0587 e. The van der Waals surface area contributed by atoms with Crippen molar-refractivity contribution in [3.05, 3.63) is 35.9 Å². The quantitative estimate of drug-likeness (QED) is 0.854. The first-order chi connectivity index (χ1) is 9.19. The number of benzene rings is 1. The summed E-state index contributed by atoms with van der Waals surface area (Å²) in [6, 6.07) is 11.2. The van der Waals surface area contributed by atoms with Gasteiger partial charge in [-0.25, -0.2) is 0 Å². The van der Waals surface area contributed by atoms with Crippen molar-refractivity contribution in [3.63, 3.8) is 0 Å². The van der Waals surface area contributed by atoms with Crippen molar-refractivity contribution in [2.75, 3.05) is 6.61 Å². The van der Waals surface area contributed by atoms with Crippen LogP contribution >= 0.6 is 0 Å². The van der Waals surface area contributed by atoms with Gasteiger partial charge in [-0.2, -0.15) is 0 Å². The average Bonchev–Trinajstić information content (AvgIpc) is 2.43. The molecule has 0 amide bonds. The number of aliphatic hydroxyl groups excluding tert-OH is 1. The summed E-state index contributed by atoms with van der Waals surface area (Å²) in [6.45, 7) is 4.89. The van der Waals surface area contributed by atoms with Gasteiger partial charge >= 0.3 is 0 Å². The standard InChI is InChI=1S/C17H27NO/c1-13-8-9-14(2)17(10-13)18-16(12-19)11-15-6-4-3-5-7-15/h3-7,13-14,16-19H,8-12H2,1-2H3/t13?,14?,16-,17?/m1/s1. The predicted molar refractivity (Wildman–Crippen MR) is 80.1 cm³/mol. The van der Waals surface area contributed by atoms with Gasteiger partial charge in [0.25, 0.3) is 0 Å². The van der Waals surface area contributed by atoms with Crippen LogP contribution in [-0.2, 0) is 6.42 Å². The number of aliphatic hydroxyl groups is 1. The van der Waals surface area contributed by atoms with Crippen LogP contribution in [0.3, 0.4) is 0 Å². The smallest absolute Gasteiger partial charge is 0.0587 e. The Balaban J connectivity index is 1.91. The fourth-order valence-corrected chi connectivity index (χ4v) is 3.14. The summed E-state index contributed by atoms with van der Waals surface area (Å²) in [4.78, 5) is 0. The van der Waals surface area contributed by atoms with Crippen LogP contribution in [0.1, 0.15) is 38.7 Å². The summed E-state index contributed by atoms with van der Waals surface area (Å²) >= 11 is 0. The van der Waals surface area contributed by atoms with Crippen molar-refractivity contribution in [2.24, 2.45) is 11.8 Å². The molecule has 0 aromatic heterocycles. The Kier molecular flexibility index (Phi) is 5.41. The van der Waals surface area contributed by atoms with Crippen LogP contribution in [0.4, 0.5) is 0 Å². The van der Waals surface area contributed by atoms with Crippen LogP contribution in [0.5, 0.6) is 0 Å². The van der Waals surface area contributed by atoms with Gasteiger partial charge in [-0.3, -0.25) is 0 Å². The molecule has 1 aliphatic rings. The SMILES string of the molecule is CC1CCC(C)C(N[C@@H](CO)Cc2ccccc2)C1. The molecule has 4 atom stereocenters. The number of hydrogen-bond acceptors (Lipinski definition) is 2. The Hall–Kier alpha value is -0.860. The molecule has 2 nitrogen and oxygen atoms in total. The highest BCUT2D eigenvalue weighted by Gasteiger charge is 2.27. The van der Waals surface area contributed by atoms with Crippen molar-refractivity contribution in [3.8, 4) is 0 Å². The number of hydrogen-bond donors (Lipinski definition) is 2. The molecule has 2 heteroatoms. The molecule has 0 bridgehead atoms. The van der Waals surface area contributed by atoms with E-state index < -0.39 is 0 Å². The van der Waals surface area contributed by atoms with E-state index in [2.05, 4.69) is 43.4 Å². The molecule has 1 aliphatic carbocycles. The van der Waals surface area contributed by atoms with E-state index >= 15 is 0 Å². The molecule has 3 unspecified atom stereocenters. The van der Waals surface area contributed by atoms with Gasteiger partial charge in [-0.05, 0) is 36.7 Å². The minimum atomic E-state index is 0.181. The molecule has 1 saturated carbocycles. The summed E-state index contributed by atoms with van der Waals surface area (Å²) < 4.78 is 0. The lowest BCUT2D eigenvalue weighted by molar-refractivity contribution is 0.175. The van der Waals surface area contributed by atoms with Crippen molar-refractivity contribution in [1.82, 2.24) is 5.32 Å². The summed E-state index contributed by atoms with van der Waals surface area (Å²) in [5.74, 6) is 1.53. The second-order valence-electron chi connectivity index (χ2n) is 6.24. The maximum absolute atomic E-state index is 9.61. The topological polar surface area (TPSA) is 32.3 Å². The van der Waals surface area contributed by atoms with E-state index in [1.54, 1.807) is 0 Å². The summed E-state index contributed by atoms with van der Waals surface area (Å²) in [7, 11) is 0. The first-order valence-corrected chi connectivity index (χ1v) is 7.60. The number of rotatable bonds is 5. The first-order valence-electron chi connectivity index (χ1n) is 7.60. The lowest BCUT2D eigenvalue weighted by atomic mass is 9.79. The van der Waals surface area contributed by atoms with Crippen molar-refractivity contribution < 1.29 is 5.11 Å². The molecule has 0 heterocycles. The van der Waals surface area contributed by atoms with E-state index in [-0.39, 0.29) is 12.6 Å². The molecule has 1 aromatic carbocycles. The van der Waals surface area contributed by atoms with Crippen LogP contribution < -0.4 is 5.32 Å². The second-order valence-corrected chi connectivity index (χ2v) is 6.24. The minimum absolute atomic E-state index is 0.181. The Morgan fingerprint density at radius 3 is 2.63 bits per heavy atom. The normalized spacial score (nSPS) is 29.1. The molecule has 0 saturated heterocycles. The Bertz CT molecular complexity index is 365. The highest BCUT2D eigenvalue weighted by Crippen LogP contribution is 2.28. The summed E-state index contributed by atoms with van der Waals surface area (Å²) in [5.41, 5.74) is 1.30. The molecular weight excluding hydrogens is 234 g/mol. The first kappa shape index (κ1) is 14.5. The monoisotopic (exact) mass is 261 g/mol. The summed E-state index contributed by atoms with van der Waals surface area (Å²) in [5, 5.41) is 13.3. The van der Waals surface area contributed by atoms with Gasteiger partial charge in [0.2, 0.25) is 0 Å². The van der Waals surface area contributed by atoms with Crippen LogP contribution in [-0.4, -0.2) is 23.8 Å². The van der Waals surface area contributed by atoms with E-state index in [1.807, 2.05) is 6.07 Å². The van der Waals surface area contributed by atoms with Crippen molar-refractivity contribution >= 4 is 0 Å². The molecule has 1 aromatic rings. The van der Waals surface area contributed by atoms with Gasteiger partial charge in [0.1, 0.15) is 0 Å². The van der Waals surface area contributed by atoms with Gasteiger partial charge in [0, 0.05) is 12.1 Å². The van der Waals surface area contributed by atoms with Gasteiger partial charge in [-0.15, -0.1) is 0 Å². The van der Waals surface area contributed by atoms with Gasteiger partial charge in [0.05, 0.1) is 6.61 Å². The largest absolute Gasteiger partial charge is 0.395 e. The lowest BCUT2D eigenvalue weighted by Crippen LogP contribution is -2.47. The summed E-state index contributed by atoms with van der Waals surface area (Å²) in [6.07, 6.45) is 4.81. The maximum atomic E-state index is 9.61. The fourth-order valence-electron chi connectivity index (χ4n) is 3.14. The number of nitrogens with one attached hydrogen (secondary N) is 1. The van der Waals surface area contributed by atoms with Gasteiger partial charge in [-0.1, -0.05) is 50.6 Å². The lowest BCUT2D eigenvalue weighted by Gasteiger charge is -2.36. The molecule has 1 fully saturated rings. The Morgan fingerprint density at radius 2 is 1.95 bits per heavy atom. The van der Waals surface area contributed by atoms with Crippen LogP contribution in [0, 0.1) is 11.8 Å². The van der Waals surface area contributed by atoms with E-state index in [9.17, 15) is 5.11 Å². The zero-order valence-corrected chi connectivity index (χ0v) is 12.2. The molecule has 2 N–H and O–H groups in total. The zero-order chi connectivity index (χ0) is 13.7. The van der Waals surface area contributed by atoms with E-state index in [1.165, 1.54) is 24.8 Å². The molecule has 106 valence electrons. The van der Waals surface area contributed by atoms with Crippen LogP contribution in [0.25, 0.3) is 0 Å². The molecule has 2 rings (SSSR count). The molecule has 0 radical (unpaired) electrons. The average molecular weight is 261 g/mol. The van der Waals surface area contributed by atoms with Crippen molar-refractivity contribution in [1.29, 1.82) is 0 Å². The third-order valence-electron chi connectivity index (χ3n) is 4.45. The van der Waals surface area contributed by atoms with E-state index in [0.717, 1.165) is 18.3 Å². The third kappa shape index (κ3) is 4.32. The van der Waals surface area contributed by atoms with E-state index in [4.69, 9.17) is 0 Å². The second kappa shape index (κ2) is 7.06. The zero-order valence-electron chi connectivity index (χ0n) is 12.2. The molecule has 0 aliphatic heterocycles. The van der Waals surface area contributed by atoms with Gasteiger partial charge < -0.3 is 10.4 Å². The predicted octanol–water partition coefficient (Wildman–Crippen LogP) is 3.00. The molecule has 0 spiro atoms. The van der Waals surface area contributed by atoms with Crippen LogP contribution in [0.15, 0.2) is 30.3 Å². The van der Waals surface area contributed by atoms with E-state index in [0.29, 0.717) is 6.04 Å². The van der Waals surface area contributed by atoms with Crippen molar-refractivity contribution in [2.45, 2.75) is 51.6 Å². The Labute approximate surface area is 117 Å². The fraction of sp³-hybridized carbons (Fsp3) is 0.647. The Morgan fingerprint density at radius 1 is 1.21 bits per heavy atom. The molecular formula is C17H27NO. The third-order valence-corrected chi connectivity index (χ3v) is 4.45. The highest BCUT2D eigenvalue weighted by molar-refractivity contribution is 5.16. The highest BCUT2D eigenvalue weighted by atomic mass is 16.3. The van der Waals surface area contributed by atoms with Crippen LogP contribution in [0.2, 0.25) is 0 Å². The molecule has 19 heavy (non-hydrogen) atoms. The van der Waals surface area contributed by atoms with Gasteiger partial charge in [0.15, 0.2) is 0 Å².